The van der Waals surface area contributed by atoms with E-state index in [9.17, 15) is 4.79 Å². The molecule has 128 valence electrons. The summed E-state index contributed by atoms with van der Waals surface area (Å²) in [4.78, 5) is 14.3. The van der Waals surface area contributed by atoms with Crippen LogP contribution in [0.5, 0.6) is 5.75 Å². The highest BCUT2D eigenvalue weighted by Crippen LogP contribution is 2.18. The second-order valence-electron chi connectivity index (χ2n) is 5.66. The fourth-order valence-corrected chi connectivity index (χ4v) is 2.69. The van der Waals surface area contributed by atoms with E-state index in [-0.39, 0.29) is 12.5 Å². The van der Waals surface area contributed by atoms with E-state index in [1.54, 1.807) is 18.0 Å². The van der Waals surface area contributed by atoms with Crippen molar-refractivity contribution in [2.75, 3.05) is 7.05 Å². The number of carbonyl (C=O) groups is 1. The van der Waals surface area contributed by atoms with Crippen LogP contribution >= 0.6 is 15.9 Å². The number of rotatable bonds is 6. The molecule has 3 rings (SSSR count). The summed E-state index contributed by atoms with van der Waals surface area (Å²) in [5, 5.41) is 0. The van der Waals surface area contributed by atoms with Gasteiger partial charge in [0, 0.05) is 23.6 Å². The Labute approximate surface area is 155 Å². The Morgan fingerprint density at radius 3 is 2.52 bits per heavy atom. The summed E-state index contributed by atoms with van der Waals surface area (Å²) in [5.74, 6) is 0.903. The third-order valence-corrected chi connectivity index (χ3v) is 4.29. The standard InChI is InChI=1S/C20H18BrNO3/c1-22(13-15-7-9-17(21)10-8-15)20(23)19-16(11-12-24-19)14-25-18-5-3-2-4-6-18/h2-12H,13-14H2,1H3. The number of halogens is 1. The molecule has 0 atom stereocenters. The molecule has 0 aliphatic rings. The molecule has 0 saturated carbocycles. The topological polar surface area (TPSA) is 42.7 Å². The second kappa shape index (κ2) is 8.03. The van der Waals surface area contributed by atoms with Crippen LogP contribution in [0.4, 0.5) is 0 Å². The van der Waals surface area contributed by atoms with Gasteiger partial charge in [0.25, 0.3) is 5.91 Å². The summed E-state index contributed by atoms with van der Waals surface area (Å²) < 4.78 is 12.1. The first-order chi connectivity index (χ1) is 12.1. The molecular formula is C20H18BrNO3. The van der Waals surface area contributed by atoms with Crippen molar-refractivity contribution in [1.29, 1.82) is 0 Å². The molecule has 0 fully saturated rings. The SMILES string of the molecule is CN(Cc1ccc(Br)cc1)C(=O)c1occc1COc1ccccc1. The first kappa shape index (κ1) is 17.3. The minimum absolute atomic E-state index is 0.167. The Morgan fingerprint density at radius 1 is 1.08 bits per heavy atom. The molecule has 1 aromatic heterocycles. The predicted octanol–water partition coefficient (Wildman–Crippen LogP) is 4.89. The average molecular weight is 400 g/mol. The van der Waals surface area contributed by atoms with Gasteiger partial charge >= 0.3 is 0 Å². The van der Waals surface area contributed by atoms with Crippen LogP contribution in [0.15, 0.2) is 75.8 Å². The van der Waals surface area contributed by atoms with Gasteiger partial charge in [0.15, 0.2) is 5.76 Å². The van der Waals surface area contributed by atoms with E-state index in [1.807, 2.05) is 54.6 Å². The van der Waals surface area contributed by atoms with Crippen molar-refractivity contribution in [2.24, 2.45) is 0 Å². The van der Waals surface area contributed by atoms with Crippen molar-refractivity contribution in [1.82, 2.24) is 4.90 Å². The van der Waals surface area contributed by atoms with Gasteiger partial charge in [0.2, 0.25) is 0 Å². The van der Waals surface area contributed by atoms with Crippen LogP contribution in [0.2, 0.25) is 0 Å². The number of nitrogens with zero attached hydrogens (tertiary/aromatic N) is 1. The van der Waals surface area contributed by atoms with Crippen LogP contribution in [-0.4, -0.2) is 17.9 Å². The molecular weight excluding hydrogens is 382 g/mol. The third kappa shape index (κ3) is 4.51. The number of para-hydroxylation sites is 1. The van der Waals surface area contributed by atoms with Crippen LogP contribution in [0.1, 0.15) is 21.7 Å². The molecule has 0 radical (unpaired) electrons. The molecule has 0 aliphatic carbocycles. The molecule has 0 aliphatic heterocycles. The number of amides is 1. The van der Waals surface area contributed by atoms with Gasteiger partial charge in [-0.15, -0.1) is 0 Å². The third-order valence-electron chi connectivity index (χ3n) is 3.76. The Balaban J connectivity index is 1.66. The largest absolute Gasteiger partial charge is 0.489 e. The lowest BCUT2D eigenvalue weighted by Crippen LogP contribution is -2.26. The van der Waals surface area contributed by atoms with Crippen LogP contribution in [-0.2, 0) is 13.2 Å². The predicted molar refractivity (Wildman–Crippen MR) is 99.4 cm³/mol. The Bertz CT molecular complexity index is 828. The Hall–Kier alpha value is -2.53. The molecule has 0 spiro atoms. The van der Waals surface area contributed by atoms with Gasteiger partial charge in [-0.3, -0.25) is 4.79 Å². The monoisotopic (exact) mass is 399 g/mol. The van der Waals surface area contributed by atoms with Gasteiger partial charge in [-0.2, -0.15) is 0 Å². The minimum atomic E-state index is -0.167. The number of benzene rings is 2. The van der Waals surface area contributed by atoms with Gasteiger partial charge < -0.3 is 14.1 Å². The number of furan rings is 1. The molecule has 4 nitrogen and oxygen atoms in total. The normalized spacial score (nSPS) is 10.5. The highest BCUT2D eigenvalue weighted by atomic mass is 79.9. The molecule has 0 N–H and O–H groups in total. The van der Waals surface area contributed by atoms with E-state index in [2.05, 4.69) is 15.9 Å². The van der Waals surface area contributed by atoms with E-state index < -0.39 is 0 Å². The summed E-state index contributed by atoms with van der Waals surface area (Å²) in [5.41, 5.74) is 1.78. The fourth-order valence-electron chi connectivity index (χ4n) is 2.42. The maximum Gasteiger partial charge on any atom is 0.290 e. The van der Waals surface area contributed by atoms with Gasteiger partial charge in [-0.25, -0.2) is 0 Å². The zero-order chi connectivity index (χ0) is 17.6. The molecule has 0 saturated heterocycles. The van der Waals surface area contributed by atoms with Crippen molar-refractivity contribution in [3.8, 4) is 5.75 Å². The van der Waals surface area contributed by atoms with Crippen LogP contribution in [0.25, 0.3) is 0 Å². The number of carbonyl (C=O) groups excluding carboxylic acids is 1. The summed E-state index contributed by atoms with van der Waals surface area (Å²) in [6.45, 7) is 0.791. The van der Waals surface area contributed by atoms with Crippen LogP contribution in [0, 0.1) is 0 Å². The summed E-state index contributed by atoms with van der Waals surface area (Å²) in [7, 11) is 1.76. The number of hydrogen-bond donors (Lipinski definition) is 0. The summed E-state index contributed by atoms with van der Waals surface area (Å²) >= 11 is 3.41. The van der Waals surface area contributed by atoms with Crippen molar-refractivity contribution in [2.45, 2.75) is 13.2 Å². The zero-order valence-corrected chi connectivity index (χ0v) is 15.4. The van der Waals surface area contributed by atoms with E-state index in [0.717, 1.165) is 21.3 Å². The zero-order valence-electron chi connectivity index (χ0n) is 13.8. The van der Waals surface area contributed by atoms with Crippen molar-refractivity contribution in [3.05, 3.63) is 88.3 Å². The van der Waals surface area contributed by atoms with Crippen molar-refractivity contribution >= 4 is 21.8 Å². The van der Waals surface area contributed by atoms with Gasteiger partial charge in [0.05, 0.1) is 6.26 Å². The quantitative estimate of drug-likeness (QED) is 0.592. The van der Waals surface area contributed by atoms with Gasteiger partial charge in [-0.1, -0.05) is 46.3 Å². The van der Waals surface area contributed by atoms with E-state index in [4.69, 9.17) is 9.15 Å². The highest BCUT2D eigenvalue weighted by Gasteiger charge is 2.20. The van der Waals surface area contributed by atoms with Crippen LogP contribution in [0.3, 0.4) is 0 Å². The van der Waals surface area contributed by atoms with Crippen molar-refractivity contribution < 1.29 is 13.9 Å². The lowest BCUT2D eigenvalue weighted by molar-refractivity contribution is 0.0749. The maximum absolute atomic E-state index is 12.7. The minimum Gasteiger partial charge on any atom is -0.489 e. The maximum atomic E-state index is 12.7. The molecule has 1 heterocycles. The first-order valence-corrected chi connectivity index (χ1v) is 8.67. The van der Waals surface area contributed by atoms with E-state index >= 15 is 0 Å². The lowest BCUT2D eigenvalue weighted by Gasteiger charge is -2.17. The lowest BCUT2D eigenvalue weighted by atomic mass is 10.2. The number of hydrogen-bond acceptors (Lipinski definition) is 3. The number of ether oxygens (including phenoxy) is 1. The highest BCUT2D eigenvalue weighted by molar-refractivity contribution is 9.10. The smallest absolute Gasteiger partial charge is 0.290 e. The molecule has 25 heavy (non-hydrogen) atoms. The molecule has 5 heteroatoms. The Morgan fingerprint density at radius 2 is 1.80 bits per heavy atom. The first-order valence-electron chi connectivity index (χ1n) is 7.87. The van der Waals surface area contributed by atoms with Crippen LogP contribution < -0.4 is 4.74 Å². The summed E-state index contributed by atoms with van der Waals surface area (Å²) in [6, 6.07) is 19.1. The van der Waals surface area contributed by atoms with Gasteiger partial charge in [-0.05, 0) is 35.9 Å². The average Bonchev–Trinajstić information content (AvgIpc) is 3.10. The molecule has 0 bridgehead atoms. The van der Waals surface area contributed by atoms with Crippen molar-refractivity contribution in [3.63, 3.8) is 0 Å². The van der Waals surface area contributed by atoms with E-state index in [1.165, 1.54) is 6.26 Å². The Kier molecular flexibility index (Phi) is 5.56. The molecule has 2 aromatic carbocycles. The molecule has 1 amide bonds. The molecule has 0 unspecified atom stereocenters. The fraction of sp³-hybridized carbons (Fsp3) is 0.150. The summed E-state index contributed by atoms with van der Waals surface area (Å²) in [6.07, 6.45) is 1.52. The van der Waals surface area contributed by atoms with E-state index in [0.29, 0.717) is 12.3 Å². The van der Waals surface area contributed by atoms with Gasteiger partial charge in [0.1, 0.15) is 12.4 Å². The molecule has 3 aromatic rings. The second-order valence-corrected chi connectivity index (χ2v) is 6.58.